The van der Waals surface area contributed by atoms with Crippen LogP contribution in [-0.4, -0.2) is 89.2 Å². The Morgan fingerprint density at radius 2 is 0.844 bits per heavy atom. The van der Waals surface area contributed by atoms with E-state index in [4.69, 9.17) is 23.7 Å². The van der Waals surface area contributed by atoms with Crippen molar-refractivity contribution in [3.63, 3.8) is 0 Å². The maximum Gasteiger partial charge on any atom is 0.335 e. The van der Waals surface area contributed by atoms with E-state index in [9.17, 15) is 34.5 Å². The van der Waals surface area contributed by atoms with E-state index < -0.39 is 67.3 Å². The van der Waals surface area contributed by atoms with E-state index in [1.807, 2.05) is 0 Å². The maximum atomic E-state index is 13.1. The summed E-state index contributed by atoms with van der Waals surface area (Å²) in [5.74, 6) is -3.20. The molecule has 0 bridgehead atoms. The van der Waals surface area contributed by atoms with Crippen LogP contribution in [0.1, 0.15) is 239 Å². The van der Waals surface area contributed by atoms with Crippen molar-refractivity contribution < 1.29 is 58.2 Å². The summed E-state index contributed by atoms with van der Waals surface area (Å²) in [5.41, 5.74) is 0. The molecular weight excluding hydrogens is 973 g/mol. The van der Waals surface area contributed by atoms with Crippen molar-refractivity contribution >= 4 is 23.9 Å². The predicted octanol–water partition coefficient (Wildman–Crippen LogP) is 15.7. The quantitative estimate of drug-likeness (QED) is 0.0228. The molecule has 6 atom stereocenters. The molecular formula is C65H106O12. The molecule has 0 radical (unpaired) electrons. The zero-order valence-corrected chi connectivity index (χ0v) is 48.2. The van der Waals surface area contributed by atoms with E-state index in [1.165, 1.54) is 38.5 Å². The fourth-order valence-electron chi connectivity index (χ4n) is 8.48. The molecule has 6 unspecified atom stereocenters. The van der Waals surface area contributed by atoms with E-state index in [1.54, 1.807) is 0 Å². The number of ether oxygens (including phenoxy) is 5. The third-order valence-corrected chi connectivity index (χ3v) is 13.1. The van der Waals surface area contributed by atoms with E-state index >= 15 is 0 Å². The SMILES string of the molecule is CC/C=C\C/C=C\C/C=C\C/C=C\C/C=C\CCCCCC(=O)OC1C(OCC(COC(=O)CCCCCCC/C=C\CCCCCCCC)OC(=O)CCCCCCC/C=C\C/C=C\CCC)OC(C(=O)O)C(O)C1O. The van der Waals surface area contributed by atoms with E-state index in [0.717, 1.165) is 141 Å². The molecule has 438 valence electrons. The monoisotopic (exact) mass is 1080 g/mol. The first-order valence-corrected chi connectivity index (χ1v) is 30.2. The largest absolute Gasteiger partial charge is 0.479 e. The van der Waals surface area contributed by atoms with Crippen LogP contribution in [0.15, 0.2) is 97.2 Å². The van der Waals surface area contributed by atoms with Crippen molar-refractivity contribution in [1.29, 1.82) is 0 Å². The summed E-state index contributed by atoms with van der Waals surface area (Å²) in [4.78, 5) is 51.1. The van der Waals surface area contributed by atoms with Gasteiger partial charge in [0.25, 0.3) is 0 Å². The number of carbonyl (C=O) groups excluding carboxylic acids is 3. The van der Waals surface area contributed by atoms with Gasteiger partial charge in [-0.25, -0.2) is 4.79 Å². The Bertz CT molecular complexity index is 1710. The smallest absolute Gasteiger partial charge is 0.335 e. The zero-order chi connectivity index (χ0) is 56.1. The van der Waals surface area contributed by atoms with Gasteiger partial charge in [0.05, 0.1) is 6.61 Å². The summed E-state index contributed by atoms with van der Waals surface area (Å²) in [5, 5.41) is 31.5. The molecule has 0 amide bonds. The Morgan fingerprint density at radius 3 is 1.32 bits per heavy atom. The molecule has 12 heteroatoms. The number of aliphatic hydroxyl groups excluding tert-OH is 2. The lowest BCUT2D eigenvalue weighted by Gasteiger charge is -2.40. The van der Waals surface area contributed by atoms with E-state index in [0.29, 0.717) is 19.3 Å². The van der Waals surface area contributed by atoms with Gasteiger partial charge in [0.15, 0.2) is 24.6 Å². The highest BCUT2D eigenvalue weighted by molar-refractivity contribution is 5.74. The van der Waals surface area contributed by atoms with Crippen LogP contribution in [0.2, 0.25) is 0 Å². The number of hydrogen-bond acceptors (Lipinski definition) is 11. The molecule has 0 aromatic heterocycles. The number of allylic oxidation sites excluding steroid dienone is 16. The Hall–Kier alpha value is -4.36. The number of aliphatic carboxylic acids is 1. The molecule has 77 heavy (non-hydrogen) atoms. The highest BCUT2D eigenvalue weighted by atomic mass is 16.7. The minimum Gasteiger partial charge on any atom is -0.479 e. The van der Waals surface area contributed by atoms with Crippen molar-refractivity contribution in [3.05, 3.63) is 97.2 Å². The maximum absolute atomic E-state index is 13.1. The van der Waals surface area contributed by atoms with Gasteiger partial charge in [-0.1, -0.05) is 201 Å². The van der Waals surface area contributed by atoms with Crippen molar-refractivity contribution in [2.75, 3.05) is 13.2 Å². The number of hydrogen-bond donors (Lipinski definition) is 3. The molecule has 0 aromatic rings. The molecule has 1 saturated heterocycles. The first-order valence-electron chi connectivity index (χ1n) is 30.2. The highest BCUT2D eigenvalue weighted by Gasteiger charge is 2.50. The van der Waals surface area contributed by atoms with Gasteiger partial charge in [0.1, 0.15) is 18.8 Å². The second-order valence-corrected chi connectivity index (χ2v) is 20.2. The van der Waals surface area contributed by atoms with Crippen molar-refractivity contribution in [2.24, 2.45) is 0 Å². The summed E-state index contributed by atoms with van der Waals surface area (Å²) in [6.07, 6.45) is 56.6. The van der Waals surface area contributed by atoms with Crippen LogP contribution < -0.4 is 0 Å². The van der Waals surface area contributed by atoms with Gasteiger partial charge in [-0.05, 0) is 116 Å². The van der Waals surface area contributed by atoms with Crippen LogP contribution in [0.3, 0.4) is 0 Å². The van der Waals surface area contributed by atoms with Crippen LogP contribution in [-0.2, 0) is 42.9 Å². The normalized spacial score (nSPS) is 18.7. The van der Waals surface area contributed by atoms with Gasteiger partial charge < -0.3 is 39.0 Å². The second kappa shape index (κ2) is 52.3. The van der Waals surface area contributed by atoms with Gasteiger partial charge in [-0.3, -0.25) is 14.4 Å². The number of esters is 3. The minimum atomic E-state index is -1.92. The third-order valence-electron chi connectivity index (χ3n) is 13.1. The van der Waals surface area contributed by atoms with Gasteiger partial charge >= 0.3 is 23.9 Å². The molecule has 3 N–H and O–H groups in total. The highest BCUT2D eigenvalue weighted by Crippen LogP contribution is 2.26. The molecule has 1 aliphatic rings. The summed E-state index contributed by atoms with van der Waals surface area (Å²) < 4.78 is 28.4. The predicted molar refractivity (Wildman–Crippen MR) is 312 cm³/mol. The average molecular weight is 1080 g/mol. The molecule has 1 fully saturated rings. The number of unbranched alkanes of at least 4 members (excludes halogenated alkanes) is 20. The zero-order valence-electron chi connectivity index (χ0n) is 48.2. The minimum absolute atomic E-state index is 0.0149. The molecule has 1 aliphatic heterocycles. The number of carboxylic acids is 1. The van der Waals surface area contributed by atoms with Gasteiger partial charge in [0, 0.05) is 19.3 Å². The number of carboxylic acid groups (broad SMARTS) is 1. The number of carbonyl (C=O) groups is 4. The van der Waals surface area contributed by atoms with Crippen molar-refractivity contribution in [3.8, 4) is 0 Å². The lowest BCUT2D eigenvalue weighted by Crippen LogP contribution is -2.61. The molecule has 12 nitrogen and oxygen atoms in total. The molecule has 1 heterocycles. The lowest BCUT2D eigenvalue weighted by molar-refractivity contribution is -0.301. The van der Waals surface area contributed by atoms with Crippen LogP contribution in [0.4, 0.5) is 0 Å². The fraction of sp³-hybridized carbons (Fsp3) is 0.692. The third kappa shape index (κ3) is 42.3. The fourth-order valence-corrected chi connectivity index (χ4v) is 8.48. The van der Waals surface area contributed by atoms with Crippen molar-refractivity contribution in [2.45, 2.75) is 276 Å². The second-order valence-electron chi connectivity index (χ2n) is 20.2. The van der Waals surface area contributed by atoms with Gasteiger partial charge in [-0.2, -0.15) is 0 Å². The molecule has 0 spiro atoms. The Morgan fingerprint density at radius 1 is 0.442 bits per heavy atom. The number of aliphatic hydroxyl groups is 2. The number of rotatable bonds is 50. The first-order chi connectivity index (χ1) is 37.6. The molecule has 0 saturated carbocycles. The van der Waals surface area contributed by atoms with Gasteiger partial charge in [-0.15, -0.1) is 0 Å². The molecule has 0 aliphatic carbocycles. The van der Waals surface area contributed by atoms with Crippen LogP contribution in [0, 0.1) is 0 Å². The molecule has 1 rings (SSSR count). The lowest BCUT2D eigenvalue weighted by atomic mass is 9.98. The first kappa shape index (κ1) is 70.7. The summed E-state index contributed by atoms with van der Waals surface area (Å²) in [6.45, 7) is 5.77. The standard InChI is InChI=1S/C65H106O12/c1-4-7-10-13-16-19-22-25-27-28-29-30-32-35-38-41-44-47-50-53-59(68)76-63-61(70)60(69)62(64(71)72)77-65(63)74-55-56(75-58(67)52-49-46-43-40-37-33-24-21-18-15-12-9-6-3)54-73-57(66)51-48-45-42-39-36-34-31-26-23-20-17-14-11-8-5-2/h7,10,12,15-16,19,21,24-27,29-31,35,38,56,60-63,65,69-70H,4-6,8-9,11,13-14,17-18,20,22-23,28,32-34,36-37,39-55H2,1-3H3,(H,71,72)/b10-7-,15-12-,19-16-,24-21-,27-25-,30-29-,31-26-,38-35-. The van der Waals surface area contributed by atoms with Crippen LogP contribution in [0.5, 0.6) is 0 Å². The Balaban J connectivity index is 2.71. The summed E-state index contributed by atoms with van der Waals surface area (Å²) in [6, 6.07) is 0. The van der Waals surface area contributed by atoms with Gasteiger partial charge in [0.2, 0.25) is 0 Å². The topological polar surface area (TPSA) is 175 Å². The van der Waals surface area contributed by atoms with Crippen molar-refractivity contribution in [1.82, 2.24) is 0 Å². The van der Waals surface area contributed by atoms with Crippen LogP contribution in [0.25, 0.3) is 0 Å². The van der Waals surface area contributed by atoms with Crippen LogP contribution >= 0.6 is 0 Å². The Labute approximate surface area is 466 Å². The summed E-state index contributed by atoms with van der Waals surface area (Å²) in [7, 11) is 0. The molecule has 0 aromatic carbocycles. The summed E-state index contributed by atoms with van der Waals surface area (Å²) >= 11 is 0. The average Bonchev–Trinajstić information content (AvgIpc) is 3.42. The van der Waals surface area contributed by atoms with E-state index in [2.05, 4.69) is 118 Å². The van der Waals surface area contributed by atoms with E-state index in [-0.39, 0.29) is 25.9 Å². The Kier molecular flexibility index (Phi) is 48.0.